The molecular weight excluding hydrogens is 370 g/mol. The Morgan fingerprint density at radius 3 is 2.79 bits per heavy atom. The second kappa shape index (κ2) is 8.51. The first-order valence-electron chi connectivity index (χ1n) is 10.2. The highest BCUT2D eigenvalue weighted by molar-refractivity contribution is 5.75. The molecule has 2 aromatic rings. The van der Waals surface area contributed by atoms with Crippen molar-refractivity contribution >= 4 is 6.03 Å². The maximum Gasteiger partial charge on any atom is 0.317 e. The Morgan fingerprint density at radius 1 is 1.31 bits per heavy atom. The second-order valence-corrected chi connectivity index (χ2v) is 8.18. The van der Waals surface area contributed by atoms with Gasteiger partial charge in [-0.2, -0.15) is 4.98 Å². The normalized spacial score (nSPS) is 20.8. The van der Waals surface area contributed by atoms with E-state index in [2.05, 4.69) is 44.6 Å². The average molecular weight is 399 g/mol. The molecule has 3 heterocycles. The standard InChI is InChI=1S/C21H29N5O3/c1-16-23-19(29-24-16)18-12-25(11-17-7-4-3-5-8-17)13-21(18)14-26(15-21)20(27)22-9-6-10-28-2/h3-5,7-8,18H,6,9-15H2,1-2H3,(H,22,27). The van der Waals surface area contributed by atoms with E-state index in [0.717, 1.165) is 26.1 Å². The zero-order valence-electron chi connectivity index (χ0n) is 17.1. The van der Waals surface area contributed by atoms with Crippen molar-refractivity contribution < 1.29 is 14.1 Å². The third-order valence-corrected chi connectivity index (χ3v) is 5.91. The van der Waals surface area contributed by atoms with Crippen molar-refractivity contribution in [3.63, 3.8) is 0 Å². The number of hydrogen-bond donors (Lipinski definition) is 1. The zero-order chi connectivity index (χ0) is 20.3. The Kier molecular flexibility index (Phi) is 5.82. The number of amides is 2. The van der Waals surface area contributed by atoms with Crippen LogP contribution in [0.5, 0.6) is 0 Å². The van der Waals surface area contributed by atoms with Gasteiger partial charge in [0, 0.05) is 58.4 Å². The Bertz CT molecular complexity index is 819. The summed E-state index contributed by atoms with van der Waals surface area (Å²) >= 11 is 0. The predicted molar refractivity (Wildman–Crippen MR) is 107 cm³/mol. The van der Waals surface area contributed by atoms with Crippen molar-refractivity contribution in [1.29, 1.82) is 0 Å². The van der Waals surface area contributed by atoms with Crippen LogP contribution in [-0.4, -0.2) is 72.4 Å². The van der Waals surface area contributed by atoms with Crippen molar-refractivity contribution in [2.45, 2.75) is 25.8 Å². The van der Waals surface area contributed by atoms with E-state index in [0.29, 0.717) is 38.0 Å². The first kappa shape index (κ1) is 19.8. The SMILES string of the molecule is COCCCNC(=O)N1CC2(CN(Cc3ccccc3)CC2c2nc(C)no2)C1. The molecule has 2 fully saturated rings. The van der Waals surface area contributed by atoms with Gasteiger partial charge >= 0.3 is 6.03 Å². The summed E-state index contributed by atoms with van der Waals surface area (Å²) in [6.45, 7) is 7.20. The van der Waals surface area contributed by atoms with E-state index >= 15 is 0 Å². The zero-order valence-corrected chi connectivity index (χ0v) is 17.1. The fourth-order valence-corrected chi connectivity index (χ4v) is 4.53. The highest BCUT2D eigenvalue weighted by Gasteiger charge is 2.57. The van der Waals surface area contributed by atoms with E-state index in [9.17, 15) is 4.79 Å². The molecule has 2 aliphatic heterocycles. The third-order valence-electron chi connectivity index (χ3n) is 5.91. The minimum atomic E-state index is -0.0301. The number of nitrogens with zero attached hydrogens (tertiary/aromatic N) is 4. The molecule has 8 nitrogen and oxygen atoms in total. The van der Waals surface area contributed by atoms with Crippen LogP contribution in [0.2, 0.25) is 0 Å². The summed E-state index contributed by atoms with van der Waals surface area (Å²) in [6.07, 6.45) is 0.815. The number of carbonyl (C=O) groups is 1. The van der Waals surface area contributed by atoms with Crippen molar-refractivity contribution in [2.75, 3.05) is 46.4 Å². The van der Waals surface area contributed by atoms with Crippen LogP contribution in [0.1, 0.15) is 29.6 Å². The molecule has 0 saturated carbocycles. The first-order valence-corrected chi connectivity index (χ1v) is 10.2. The van der Waals surface area contributed by atoms with Gasteiger partial charge in [-0.15, -0.1) is 0 Å². The van der Waals surface area contributed by atoms with Gasteiger partial charge in [-0.25, -0.2) is 4.79 Å². The molecule has 1 N–H and O–H groups in total. The lowest BCUT2D eigenvalue weighted by atomic mass is 9.71. The summed E-state index contributed by atoms with van der Waals surface area (Å²) in [4.78, 5) is 21.3. The molecule has 2 amide bonds. The van der Waals surface area contributed by atoms with Crippen LogP contribution in [0, 0.1) is 12.3 Å². The lowest BCUT2D eigenvalue weighted by molar-refractivity contribution is 0.0202. The number of methoxy groups -OCH3 is 1. The number of carbonyl (C=O) groups excluding carboxylic acids is 1. The smallest absolute Gasteiger partial charge is 0.317 e. The monoisotopic (exact) mass is 399 g/mol. The van der Waals surface area contributed by atoms with Gasteiger partial charge in [-0.05, 0) is 18.9 Å². The van der Waals surface area contributed by atoms with Crippen LogP contribution in [0.3, 0.4) is 0 Å². The van der Waals surface area contributed by atoms with Crippen LogP contribution >= 0.6 is 0 Å². The lowest BCUT2D eigenvalue weighted by Gasteiger charge is -2.50. The third kappa shape index (κ3) is 4.28. The van der Waals surface area contributed by atoms with E-state index in [1.807, 2.05) is 17.9 Å². The molecule has 4 rings (SSSR count). The number of benzene rings is 1. The second-order valence-electron chi connectivity index (χ2n) is 8.18. The molecule has 0 bridgehead atoms. The number of aromatic nitrogens is 2. The van der Waals surface area contributed by atoms with Crippen molar-refractivity contribution in [1.82, 2.24) is 25.3 Å². The Hall–Kier alpha value is -2.45. The van der Waals surface area contributed by atoms with E-state index in [1.165, 1.54) is 5.56 Å². The maximum absolute atomic E-state index is 12.5. The fourth-order valence-electron chi connectivity index (χ4n) is 4.53. The number of ether oxygens (including phenoxy) is 1. The molecule has 2 saturated heterocycles. The van der Waals surface area contributed by atoms with Gasteiger partial charge in [0.1, 0.15) is 0 Å². The van der Waals surface area contributed by atoms with Crippen molar-refractivity contribution in [2.24, 2.45) is 5.41 Å². The minimum Gasteiger partial charge on any atom is -0.385 e. The Morgan fingerprint density at radius 2 is 2.10 bits per heavy atom. The lowest BCUT2D eigenvalue weighted by Crippen LogP contribution is -2.63. The van der Waals surface area contributed by atoms with Crippen LogP contribution < -0.4 is 5.32 Å². The summed E-state index contributed by atoms with van der Waals surface area (Å²) in [5, 5.41) is 6.97. The van der Waals surface area contributed by atoms with E-state index < -0.39 is 0 Å². The maximum atomic E-state index is 12.5. The molecule has 1 atom stereocenters. The van der Waals surface area contributed by atoms with E-state index in [-0.39, 0.29) is 17.4 Å². The number of rotatable bonds is 7. The molecule has 0 radical (unpaired) electrons. The minimum absolute atomic E-state index is 0.00584. The molecule has 1 spiro atoms. The van der Waals surface area contributed by atoms with Crippen LogP contribution in [0.15, 0.2) is 34.9 Å². The summed E-state index contributed by atoms with van der Waals surface area (Å²) < 4.78 is 10.6. The number of nitrogens with one attached hydrogen (secondary N) is 1. The van der Waals surface area contributed by atoms with Crippen molar-refractivity contribution in [3.8, 4) is 0 Å². The molecule has 0 aliphatic carbocycles. The van der Waals surface area contributed by atoms with E-state index in [4.69, 9.17) is 9.26 Å². The quantitative estimate of drug-likeness (QED) is 0.717. The molecule has 2 aliphatic rings. The predicted octanol–water partition coefficient (Wildman–Crippen LogP) is 2.03. The summed E-state index contributed by atoms with van der Waals surface area (Å²) in [7, 11) is 1.67. The summed E-state index contributed by atoms with van der Waals surface area (Å²) in [5.74, 6) is 1.49. The van der Waals surface area contributed by atoms with Gasteiger partial charge in [0.25, 0.3) is 0 Å². The molecule has 8 heteroatoms. The Balaban J connectivity index is 1.42. The number of urea groups is 1. The largest absolute Gasteiger partial charge is 0.385 e. The average Bonchev–Trinajstić information content (AvgIpc) is 3.28. The summed E-state index contributed by atoms with van der Waals surface area (Å²) in [5.41, 5.74) is 1.26. The van der Waals surface area contributed by atoms with Gasteiger partial charge in [-0.1, -0.05) is 35.5 Å². The summed E-state index contributed by atoms with van der Waals surface area (Å²) in [6, 6.07) is 10.5. The van der Waals surface area contributed by atoms with Gasteiger partial charge in [0.2, 0.25) is 5.89 Å². The van der Waals surface area contributed by atoms with Gasteiger partial charge in [0.05, 0.1) is 5.92 Å². The molecule has 1 aromatic heterocycles. The topological polar surface area (TPSA) is 83.7 Å². The Labute approximate surface area is 171 Å². The first-order chi connectivity index (χ1) is 14.1. The van der Waals surface area contributed by atoms with Gasteiger partial charge in [-0.3, -0.25) is 4.90 Å². The highest BCUT2D eigenvalue weighted by Crippen LogP contribution is 2.49. The van der Waals surface area contributed by atoms with Crippen molar-refractivity contribution in [3.05, 3.63) is 47.6 Å². The van der Waals surface area contributed by atoms with Crippen LogP contribution in [0.4, 0.5) is 4.79 Å². The molecule has 156 valence electrons. The molecule has 29 heavy (non-hydrogen) atoms. The van der Waals surface area contributed by atoms with E-state index in [1.54, 1.807) is 7.11 Å². The fraction of sp³-hybridized carbons (Fsp3) is 0.571. The molecule has 1 aromatic carbocycles. The van der Waals surface area contributed by atoms with Gasteiger partial charge in [0.15, 0.2) is 5.82 Å². The van der Waals surface area contributed by atoms with Crippen LogP contribution in [-0.2, 0) is 11.3 Å². The van der Waals surface area contributed by atoms with Crippen LogP contribution in [0.25, 0.3) is 0 Å². The highest BCUT2D eigenvalue weighted by atomic mass is 16.5. The van der Waals surface area contributed by atoms with Gasteiger partial charge < -0.3 is 19.5 Å². The number of likely N-dealkylation sites (tertiary alicyclic amines) is 2. The number of aryl methyl sites for hydroxylation is 1. The molecular formula is C21H29N5O3. The molecule has 1 unspecified atom stereocenters. The number of hydrogen-bond acceptors (Lipinski definition) is 6.